The third-order valence-electron chi connectivity index (χ3n) is 6.34. The van der Waals surface area contributed by atoms with Gasteiger partial charge in [-0.15, -0.1) is 0 Å². The van der Waals surface area contributed by atoms with Crippen LogP contribution >= 0.6 is 11.8 Å². The zero-order valence-corrected chi connectivity index (χ0v) is 22.4. The summed E-state index contributed by atoms with van der Waals surface area (Å²) >= 11 is 1.60. The highest BCUT2D eigenvalue weighted by Crippen LogP contribution is 2.47. The fourth-order valence-electron chi connectivity index (χ4n) is 4.30. The molecule has 0 amide bonds. The van der Waals surface area contributed by atoms with Crippen LogP contribution in [0.3, 0.4) is 0 Å². The Morgan fingerprint density at radius 2 is 1.38 bits per heavy atom. The molecule has 4 nitrogen and oxygen atoms in total. The van der Waals surface area contributed by atoms with Gasteiger partial charge in [0, 0.05) is 0 Å². The van der Waals surface area contributed by atoms with Gasteiger partial charge in [-0.3, -0.25) is 4.31 Å². The summed E-state index contributed by atoms with van der Waals surface area (Å²) in [5.74, 6) is 0. The van der Waals surface area contributed by atoms with Crippen LogP contribution in [0.2, 0.25) is 0 Å². The first-order valence-corrected chi connectivity index (χ1v) is 14.4. The lowest BCUT2D eigenvalue weighted by Crippen LogP contribution is -2.46. The first-order chi connectivity index (χ1) is 17.8. The second-order valence-electron chi connectivity index (χ2n) is 9.22. The Balaban J connectivity index is 1.74. The van der Waals surface area contributed by atoms with E-state index in [2.05, 4.69) is 19.1 Å². The van der Waals surface area contributed by atoms with Crippen LogP contribution in [0, 0.1) is 6.92 Å². The van der Waals surface area contributed by atoms with Crippen molar-refractivity contribution in [2.75, 3.05) is 6.54 Å². The van der Waals surface area contributed by atoms with Gasteiger partial charge in [-0.25, -0.2) is 13.4 Å². The summed E-state index contributed by atoms with van der Waals surface area (Å²) in [6, 6.07) is 36.6. The molecule has 1 fully saturated rings. The van der Waals surface area contributed by atoms with E-state index in [0.29, 0.717) is 10.7 Å². The van der Waals surface area contributed by atoms with Crippen molar-refractivity contribution < 1.29 is 8.42 Å². The standard InChI is InChI=1S/C31H28N2O2S2/c1-24-18-20-28(21-19-24)37(34,35)33-23-31(2,26-14-8-4-9-15-26)36-30(32-27-16-10-5-11-17-27)29(33)22-25-12-6-3-7-13-25/h3-22H,23H2,1-2H3/b29-22-,32-30?. The number of benzene rings is 4. The number of aryl methyl sites for hydroxylation is 1. The van der Waals surface area contributed by atoms with Crippen LogP contribution in [0.15, 0.2) is 131 Å². The van der Waals surface area contributed by atoms with E-state index < -0.39 is 14.8 Å². The number of hydrogen-bond donors (Lipinski definition) is 0. The first kappa shape index (κ1) is 25.1. The minimum Gasteiger partial charge on any atom is -0.262 e. The third-order valence-corrected chi connectivity index (χ3v) is 9.42. The molecule has 0 radical (unpaired) electrons. The van der Waals surface area contributed by atoms with E-state index in [1.54, 1.807) is 23.9 Å². The molecule has 0 saturated carbocycles. The summed E-state index contributed by atoms with van der Waals surface area (Å²) in [6.45, 7) is 4.31. The average Bonchev–Trinajstić information content (AvgIpc) is 2.92. The molecule has 6 heteroatoms. The van der Waals surface area contributed by atoms with E-state index in [9.17, 15) is 8.42 Å². The number of sulfonamides is 1. The summed E-state index contributed by atoms with van der Waals surface area (Å²) in [7, 11) is -3.88. The Bertz CT molecular complexity index is 1530. The van der Waals surface area contributed by atoms with E-state index >= 15 is 0 Å². The topological polar surface area (TPSA) is 49.7 Å². The molecule has 5 rings (SSSR count). The third kappa shape index (κ3) is 5.41. The molecule has 1 aliphatic heterocycles. The average molecular weight is 525 g/mol. The molecule has 1 saturated heterocycles. The van der Waals surface area contributed by atoms with Gasteiger partial charge >= 0.3 is 0 Å². The van der Waals surface area contributed by atoms with Gasteiger partial charge in [0.2, 0.25) is 0 Å². The van der Waals surface area contributed by atoms with Crippen molar-refractivity contribution in [1.82, 2.24) is 4.31 Å². The quantitative estimate of drug-likeness (QED) is 0.273. The van der Waals surface area contributed by atoms with Gasteiger partial charge in [0.05, 0.1) is 27.6 Å². The minimum absolute atomic E-state index is 0.262. The van der Waals surface area contributed by atoms with Crippen molar-refractivity contribution in [2.24, 2.45) is 4.99 Å². The smallest absolute Gasteiger partial charge is 0.262 e. The monoisotopic (exact) mass is 524 g/mol. The van der Waals surface area contributed by atoms with Gasteiger partial charge in [0.1, 0.15) is 5.04 Å². The fraction of sp³-hybridized carbons (Fsp3) is 0.129. The summed E-state index contributed by atoms with van der Waals surface area (Å²) in [5.41, 5.74) is 4.30. The Morgan fingerprint density at radius 1 is 0.811 bits per heavy atom. The largest absolute Gasteiger partial charge is 0.264 e. The van der Waals surface area contributed by atoms with Gasteiger partial charge in [0.25, 0.3) is 10.0 Å². The minimum atomic E-state index is -3.88. The van der Waals surface area contributed by atoms with E-state index in [1.165, 1.54) is 4.31 Å². The number of thioether (sulfide) groups is 1. The predicted molar refractivity (Wildman–Crippen MR) is 154 cm³/mol. The van der Waals surface area contributed by atoms with Crippen molar-refractivity contribution in [3.05, 3.63) is 138 Å². The Morgan fingerprint density at radius 3 is 2.00 bits per heavy atom. The van der Waals surface area contributed by atoms with Gasteiger partial charge in [-0.2, -0.15) is 0 Å². The number of para-hydroxylation sites is 1. The van der Waals surface area contributed by atoms with E-state index in [0.717, 1.165) is 22.4 Å². The lowest BCUT2D eigenvalue weighted by Gasteiger charge is -2.42. The van der Waals surface area contributed by atoms with Gasteiger partial charge in [0.15, 0.2) is 0 Å². The Labute approximate surface area is 223 Å². The van der Waals surface area contributed by atoms with Gasteiger partial charge < -0.3 is 0 Å². The van der Waals surface area contributed by atoms with Crippen LogP contribution in [0.5, 0.6) is 0 Å². The number of rotatable bonds is 5. The normalized spacial score (nSPS) is 20.3. The highest BCUT2D eigenvalue weighted by atomic mass is 32.2. The molecule has 1 unspecified atom stereocenters. The van der Waals surface area contributed by atoms with E-state index in [-0.39, 0.29) is 11.4 Å². The molecule has 0 aliphatic carbocycles. The van der Waals surface area contributed by atoms with Crippen molar-refractivity contribution in [1.29, 1.82) is 0 Å². The fourth-order valence-corrected chi connectivity index (χ4v) is 7.30. The number of aliphatic imine (C=N–C) groups is 1. The molecule has 0 aromatic heterocycles. The van der Waals surface area contributed by atoms with Crippen LogP contribution in [0.4, 0.5) is 5.69 Å². The lowest BCUT2D eigenvalue weighted by atomic mass is 9.99. The zero-order valence-electron chi connectivity index (χ0n) is 20.8. The van der Waals surface area contributed by atoms with Crippen LogP contribution in [-0.4, -0.2) is 24.3 Å². The molecule has 186 valence electrons. The highest BCUT2D eigenvalue weighted by Gasteiger charge is 2.44. The molecule has 37 heavy (non-hydrogen) atoms. The first-order valence-electron chi connectivity index (χ1n) is 12.1. The zero-order chi connectivity index (χ0) is 25.9. The van der Waals surface area contributed by atoms with E-state index in [4.69, 9.17) is 4.99 Å². The molecule has 4 aromatic carbocycles. The van der Waals surface area contributed by atoms with Crippen LogP contribution in [0.25, 0.3) is 6.08 Å². The van der Waals surface area contributed by atoms with Crippen LogP contribution < -0.4 is 0 Å². The molecule has 1 heterocycles. The molecule has 0 bridgehead atoms. The Hall–Kier alpha value is -3.61. The molecule has 1 atom stereocenters. The van der Waals surface area contributed by atoms with Crippen molar-refractivity contribution in [3.8, 4) is 0 Å². The summed E-state index contributed by atoms with van der Waals surface area (Å²) in [4.78, 5) is 5.26. The maximum Gasteiger partial charge on any atom is 0.264 e. The van der Waals surface area contributed by atoms with Gasteiger partial charge in [-0.05, 0) is 55.3 Å². The van der Waals surface area contributed by atoms with Crippen molar-refractivity contribution in [3.63, 3.8) is 0 Å². The second kappa shape index (κ2) is 10.4. The summed E-state index contributed by atoms with van der Waals surface area (Å²) < 4.78 is 29.5. The van der Waals surface area contributed by atoms with Crippen molar-refractivity contribution in [2.45, 2.75) is 23.5 Å². The predicted octanol–water partition coefficient (Wildman–Crippen LogP) is 7.42. The Kier molecular flexibility index (Phi) is 7.04. The molecule has 1 aliphatic rings. The van der Waals surface area contributed by atoms with E-state index in [1.807, 2.05) is 104 Å². The number of nitrogens with zero attached hydrogens (tertiary/aromatic N) is 2. The molecule has 0 spiro atoms. The van der Waals surface area contributed by atoms with Gasteiger partial charge in [-0.1, -0.05) is 108 Å². The maximum atomic E-state index is 14.2. The van der Waals surface area contributed by atoms with Crippen LogP contribution in [0.1, 0.15) is 23.6 Å². The second-order valence-corrected chi connectivity index (χ2v) is 12.6. The highest BCUT2D eigenvalue weighted by molar-refractivity contribution is 8.15. The van der Waals surface area contributed by atoms with Crippen molar-refractivity contribution >= 4 is 38.6 Å². The lowest BCUT2D eigenvalue weighted by molar-refractivity contribution is 0.444. The summed E-state index contributed by atoms with van der Waals surface area (Å²) in [5, 5.41) is 0.656. The molecule has 4 aromatic rings. The van der Waals surface area contributed by atoms with Crippen LogP contribution in [-0.2, 0) is 14.8 Å². The number of hydrogen-bond acceptors (Lipinski definition) is 4. The molecule has 0 N–H and O–H groups in total. The molecular weight excluding hydrogens is 496 g/mol. The maximum absolute atomic E-state index is 14.2. The SMILES string of the molecule is Cc1ccc(S(=O)(=O)N2CC(C)(c3ccccc3)SC(=Nc3ccccc3)/C2=C/c2ccccc2)cc1. The molecular formula is C31H28N2O2S2. The summed E-state index contributed by atoms with van der Waals surface area (Å²) in [6.07, 6.45) is 1.92.